The molecule has 1 atom stereocenters. The zero-order valence-corrected chi connectivity index (χ0v) is 22.3. The lowest BCUT2D eigenvalue weighted by Gasteiger charge is -2.27. The lowest BCUT2D eigenvalue weighted by Crippen LogP contribution is -2.29. The van der Waals surface area contributed by atoms with Crippen molar-refractivity contribution < 1.29 is 24.2 Å². The molecule has 1 N–H and O–H groups in total. The van der Waals surface area contributed by atoms with Crippen molar-refractivity contribution in [3.63, 3.8) is 0 Å². The normalized spacial score (nSPS) is 17.2. The van der Waals surface area contributed by atoms with Crippen LogP contribution in [-0.4, -0.2) is 30.5 Å². The summed E-state index contributed by atoms with van der Waals surface area (Å²) in [6.45, 7) is 8.57. The van der Waals surface area contributed by atoms with Gasteiger partial charge in [0.15, 0.2) is 0 Å². The van der Waals surface area contributed by atoms with Crippen LogP contribution in [0.5, 0.6) is 11.5 Å². The molecule has 37 heavy (non-hydrogen) atoms. The summed E-state index contributed by atoms with van der Waals surface area (Å²) < 4.78 is 10.8. The number of amides is 1. The molecule has 7 heteroatoms. The number of benzene rings is 3. The van der Waals surface area contributed by atoms with Gasteiger partial charge in [0.1, 0.15) is 17.3 Å². The summed E-state index contributed by atoms with van der Waals surface area (Å²) in [5, 5.41) is 11.7. The highest BCUT2D eigenvalue weighted by atomic mass is 35.5. The van der Waals surface area contributed by atoms with Gasteiger partial charge in [-0.3, -0.25) is 14.5 Å². The van der Waals surface area contributed by atoms with Gasteiger partial charge < -0.3 is 14.6 Å². The number of aliphatic hydroxyl groups excluding tert-OH is 1. The van der Waals surface area contributed by atoms with E-state index < -0.39 is 17.7 Å². The number of anilines is 1. The van der Waals surface area contributed by atoms with Crippen LogP contribution in [0, 0.1) is 0 Å². The number of ketones is 1. The standard InChI is InChI=1S/C30H30ClNO5/c1-6-37-22-15-16-24(31)23(17-22)27(33)25-26(18-7-13-21(36-5)14-8-18)32(29(35)28(25)34)20-11-9-19(10-12-20)30(2,3)4/h7-17,26,33H,6H2,1-5H3/b27-25+. The molecule has 1 unspecified atom stereocenters. The van der Waals surface area contributed by atoms with E-state index in [-0.39, 0.29) is 27.3 Å². The number of carbonyl (C=O) groups excluding carboxylic acids is 2. The SMILES string of the molecule is CCOc1ccc(Cl)c(/C(O)=C2\C(=O)C(=O)N(c3ccc(C(C)(C)C)cc3)C2c2ccc(OC)cc2)c1. The van der Waals surface area contributed by atoms with Gasteiger partial charge in [-0.2, -0.15) is 0 Å². The van der Waals surface area contributed by atoms with Gasteiger partial charge in [0.25, 0.3) is 11.7 Å². The van der Waals surface area contributed by atoms with E-state index in [1.54, 1.807) is 49.6 Å². The third kappa shape index (κ3) is 5.07. The van der Waals surface area contributed by atoms with E-state index in [1.165, 1.54) is 4.90 Å². The average Bonchev–Trinajstić information content (AvgIpc) is 3.14. The third-order valence-corrected chi connectivity index (χ3v) is 6.72. The summed E-state index contributed by atoms with van der Waals surface area (Å²) in [4.78, 5) is 28.3. The van der Waals surface area contributed by atoms with Crippen LogP contribution in [0.4, 0.5) is 5.69 Å². The van der Waals surface area contributed by atoms with E-state index >= 15 is 0 Å². The van der Waals surface area contributed by atoms with Crippen LogP contribution in [0.1, 0.15) is 50.4 Å². The highest BCUT2D eigenvalue weighted by molar-refractivity contribution is 6.52. The summed E-state index contributed by atoms with van der Waals surface area (Å²) in [5.41, 5.74) is 2.36. The number of rotatable bonds is 6. The summed E-state index contributed by atoms with van der Waals surface area (Å²) in [6, 6.07) is 18.6. The van der Waals surface area contributed by atoms with Crippen LogP contribution in [0.25, 0.3) is 5.76 Å². The van der Waals surface area contributed by atoms with E-state index in [2.05, 4.69) is 20.8 Å². The second kappa shape index (κ2) is 10.3. The van der Waals surface area contributed by atoms with Crippen LogP contribution in [0.15, 0.2) is 72.3 Å². The quantitative estimate of drug-likeness (QED) is 0.223. The molecule has 6 nitrogen and oxygen atoms in total. The summed E-state index contributed by atoms with van der Waals surface area (Å²) in [6.07, 6.45) is 0. The van der Waals surface area contributed by atoms with Crippen molar-refractivity contribution >= 4 is 34.7 Å². The first-order valence-electron chi connectivity index (χ1n) is 12.0. The minimum atomic E-state index is -0.877. The molecule has 0 saturated carbocycles. The maximum atomic E-state index is 13.5. The third-order valence-electron chi connectivity index (χ3n) is 6.39. The number of ether oxygens (including phenoxy) is 2. The Morgan fingerprint density at radius 2 is 1.59 bits per heavy atom. The fraction of sp³-hybridized carbons (Fsp3) is 0.267. The number of carbonyl (C=O) groups is 2. The zero-order chi connectivity index (χ0) is 26.9. The number of Topliss-reactive ketones (excluding diaryl/α,β-unsaturated/α-hetero) is 1. The smallest absolute Gasteiger partial charge is 0.300 e. The predicted octanol–water partition coefficient (Wildman–Crippen LogP) is 6.67. The van der Waals surface area contributed by atoms with E-state index in [0.717, 1.165) is 5.56 Å². The first kappa shape index (κ1) is 26.3. The molecule has 1 saturated heterocycles. The van der Waals surface area contributed by atoms with E-state index in [4.69, 9.17) is 21.1 Å². The van der Waals surface area contributed by atoms with E-state index in [9.17, 15) is 14.7 Å². The number of halogens is 1. The lowest BCUT2D eigenvalue weighted by atomic mass is 9.87. The minimum absolute atomic E-state index is 0.0504. The molecule has 1 aliphatic rings. The molecule has 1 aliphatic heterocycles. The number of nitrogens with zero attached hydrogens (tertiary/aromatic N) is 1. The van der Waals surface area contributed by atoms with Crippen LogP contribution >= 0.6 is 11.6 Å². The van der Waals surface area contributed by atoms with Gasteiger partial charge in [-0.25, -0.2) is 0 Å². The number of aliphatic hydroxyl groups is 1. The molecule has 3 aromatic carbocycles. The second-order valence-corrected chi connectivity index (χ2v) is 10.2. The van der Waals surface area contributed by atoms with Gasteiger partial charge in [-0.1, -0.05) is 56.6 Å². The Kier molecular flexibility index (Phi) is 7.32. The topological polar surface area (TPSA) is 76.1 Å². The van der Waals surface area contributed by atoms with Crippen molar-refractivity contribution in [2.75, 3.05) is 18.6 Å². The summed E-state index contributed by atoms with van der Waals surface area (Å²) >= 11 is 6.42. The molecule has 0 aliphatic carbocycles. The highest BCUT2D eigenvalue weighted by Crippen LogP contribution is 2.44. The summed E-state index contributed by atoms with van der Waals surface area (Å²) in [5.74, 6) is -0.775. The summed E-state index contributed by atoms with van der Waals surface area (Å²) in [7, 11) is 1.56. The maximum absolute atomic E-state index is 13.5. The number of methoxy groups -OCH3 is 1. The largest absolute Gasteiger partial charge is 0.507 e. The zero-order valence-electron chi connectivity index (χ0n) is 21.5. The number of hydrogen-bond donors (Lipinski definition) is 1. The Balaban J connectivity index is 1.92. The molecule has 0 spiro atoms. The van der Waals surface area contributed by atoms with Crippen LogP contribution in [-0.2, 0) is 15.0 Å². The molecule has 0 aromatic heterocycles. The lowest BCUT2D eigenvalue weighted by molar-refractivity contribution is -0.132. The van der Waals surface area contributed by atoms with Gasteiger partial charge in [-0.15, -0.1) is 0 Å². The fourth-order valence-corrected chi connectivity index (χ4v) is 4.62. The molecule has 3 aromatic rings. The van der Waals surface area contributed by atoms with Gasteiger partial charge >= 0.3 is 0 Å². The molecule has 1 heterocycles. The van der Waals surface area contributed by atoms with Gasteiger partial charge in [-0.05, 0) is 65.9 Å². The molecule has 192 valence electrons. The van der Waals surface area contributed by atoms with Gasteiger partial charge in [0.05, 0.1) is 30.4 Å². The van der Waals surface area contributed by atoms with Crippen molar-refractivity contribution in [2.45, 2.75) is 39.2 Å². The Morgan fingerprint density at radius 1 is 0.973 bits per heavy atom. The molecule has 1 amide bonds. The first-order chi connectivity index (χ1) is 17.6. The van der Waals surface area contributed by atoms with Crippen molar-refractivity contribution in [3.8, 4) is 11.5 Å². The van der Waals surface area contributed by atoms with E-state index in [1.807, 2.05) is 31.2 Å². The highest BCUT2D eigenvalue weighted by Gasteiger charge is 2.47. The second-order valence-electron chi connectivity index (χ2n) is 9.81. The Hall–Kier alpha value is -3.77. The average molecular weight is 520 g/mol. The van der Waals surface area contributed by atoms with Crippen molar-refractivity contribution in [3.05, 3.63) is 94.0 Å². The van der Waals surface area contributed by atoms with Crippen LogP contribution in [0.3, 0.4) is 0 Å². The van der Waals surface area contributed by atoms with Gasteiger partial charge in [0, 0.05) is 11.3 Å². The molecule has 4 rings (SSSR count). The van der Waals surface area contributed by atoms with Crippen LogP contribution in [0.2, 0.25) is 5.02 Å². The monoisotopic (exact) mass is 519 g/mol. The number of hydrogen-bond acceptors (Lipinski definition) is 5. The fourth-order valence-electron chi connectivity index (χ4n) is 4.41. The maximum Gasteiger partial charge on any atom is 0.300 e. The molecular formula is C30H30ClNO5. The van der Waals surface area contributed by atoms with Crippen molar-refractivity contribution in [2.24, 2.45) is 0 Å². The molecule has 1 fully saturated rings. The molecule has 0 radical (unpaired) electrons. The Morgan fingerprint density at radius 3 is 2.16 bits per heavy atom. The van der Waals surface area contributed by atoms with E-state index in [0.29, 0.717) is 29.4 Å². The predicted molar refractivity (Wildman–Crippen MR) is 146 cm³/mol. The Bertz CT molecular complexity index is 1350. The minimum Gasteiger partial charge on any atom is -0.507 e. The van der Waals surface area contributed by atoms with Crippen molar-refractivity contribution in [1.82, 2.24) is 0 Å². The van der Waals surface area contributed by atoms with Crippen molar-refractivity contribution in [1.29, 1.82) is 0 Å². The first-order valence-corrected chi connectivity index (χ1v) is 12.4. The molecule has 0 bridgehead atoms. The Labute approximate surface area is 222 Å². The molecular weight excluding hydrogens is 490 g/mol. The van der Waals surface area contributed by atoms with Crippen LogP contribution < -0.4 is 14.4 Å². The van der Waals surface area contributed by atoms with Gasteiger partial charge in [0.2, 0.25) is 0 Å².